The SMILES string of the molecule is CCC/C(=C\c1cc(I)c(O)c(OC)c1)CC[C@H]1OC[C@H]2C1=C(CC)C[C@H]1C(=O)N(CCC)C(=O)[C@H]12. The van der Waals surface area contributed by atoms with Gasteiger partial charge in [-0.2, -0.15) is 0 Å². The van der Waals surface area contributed by atoms with Crippen molar-refractivity contribution in [3.63, 3.8) is 0 Å². The molecule has 4 rings (SSSR count). The predicted octanol–water partition coefficient (Wildman–Crippen LogP) is 6.11. The molecule has 6 nitrogen and oxygen atoms in total. The molecule has 4 atom stereocenters. The number of phenols is 1. The number of phenolic OH excluding ortho intramolecular Hbond substituents is 1. The summed E-state index contributed by atoms with van der Waals surface area (Å²) in [6, 6.07) is 3.85. The van der Waals surface area contributed by atoms with Crippen molar-refractivity contribution in [1.29, 1.82) is 0 Å². The van der Waals surface area contributed by atoms with Crippen LogP contribution >= 0.6 is 22.6 Å². The second-order valence-corrected chi connectivity index (χ2v) is 11.3. The Labute approximate surface area is 228 Å². The van der Waals surface area contributed by atoms with E-state index >= 15 is 0 Å². The summed E-state index contributed by atoms with van der Waals surface area (Å²) in [4.78, 5) is 27.8. The monoisotopic (exact) mass is 607 g/mol. The number of methoxy groups -OCH3 is 1. The van der Waals surface area contributed by atoms with Gasteiger partial charge in [0.2, 0.25) is 11.8 Å². The number of allylic oxidation sites excluding steroid dienone is 2. The highest BCUT2D eigenvalue weighted by atomic mass is 127. The highest BCUT2D eigenvalue weighted by Gasteiger charge is 2.56. The highest BCUT2D eigenvalue weighted by molar-refractivity contribution is 14.1. The number of nitrogens with zero attached hydrogens (tertiary/aromatic N) is 1. The molecule has 0 unspecified atom stereocenters. The quantitative estimate of drug-likeness (QED) is 0.198. The fourth-order valence-corrected chi connectivity index (χ4v) is 6.92. The average Bonchev–Trinajstić information content (AvgIpc) is 3.39. The van der Waals surface area contributed by atoms with Gasteiger partial charge in [0.15, 0.2) is 11.5 Å². The number of halogens is 1. The van der Waals surface area contributed by atoms with Gasteiger partial charge in [-0.25, -0.2) is 0 Å². The summed E-state index contributed by atoms with van der Waals surface area (Å²) in [5, 5.41) is 10.2. The fraction of sp³-hybridized carbons (Fsp3) is 0.586. The van der Waals surface area contributed by atoms with E-state index in [0.717, 1.165) is 47.7 Å². The van der Waals surface area contributed by atoms with Crippen LogP contribution in [0.2, 0.25) is 0 Å². The van der Waals surface area contributed by atoms with Gasteiger partial charge >= 0.3 is 0 Å². The van der Waals surface area contributed by atoms with Crippen LogP contribution in [0.4, 0.5) is 0 Å². The third kappa shape index (κ3) is 5.10. The van der Waals surface area contributed by atoms with Gasteiger partial charge in [0.25, 0.3) is 0 Å². The molecule has 2 saturated heterocycles. The van der Waals surface area contributed by atoms with Crippen molar-refractivity contribution in [2.75, 3.05) is 20.3 Å². The first-order valence-corrected chi connectivity index (χ1v) is 14.4. The molecular formula is C29H38INO5. The van der Waals surface area contributed by atoms with Crippen LogP contribution in [0.15, 0.2) is 28.9 Å². The van der Waals surface area contributed by atoms with E-state index in [-0.39, 0.29) is 41.4 Å². The molecule has 0 spiro atoms. The van der Waals surface area contributed by atoms with Gasteiger partial charge in [0, 0.05) is 12.5 Å². The number of hydrogen-bond donors (Lipinski definition) is 1. The number of amides is 2. The standard InChI is InChI=1S/C29H38INO5/c1-5-8-17(12-18-13-22(30)27(32)24(14-18)35-4)9-10-23-25-19(7-3)15-20-26(21(25)16-36-23)29(34)31(11-6-2)28(20)33/h12-14,20-21,23,26,32H,5-11,15-16H2,1-4H3/b17-12+/t20-,21+,23-,26-/m1/s1. The van der Waals surface area contributed by atoms with Gasteiger partial charge in [0.05, 0.1) is 35.2 Å². The molecule has 3 aliphatic rings. The molecule has 7 heteroatoms. The van der Waals surface area contributed by atoms with Crippen LogP contribution in [0.3, 0.4) is 0 Å². The number of ether oxygens (including phenoxy) is 2. The second-order valence-electron chi connectivity index (χ2n) is 10.2. The number of carbonyl (C=O) groups excluding carboxylic acids is 2. The Bertz CT molecular complexity index is 1080. The molecule has 0 radical (unpaired) electrons. The van der Waals surface area contributed by atoms with Crippen LogP contribution in [-0.2, 0) is 14.3 Å². The van der Waals surface area contributed by atoms with E-state index in [9.17, 15) is 14.7 Å². The van der Waals surface area contributed by atoms with Crippen molar-refractivity contribution in [1.82, 2.24) is 4.90 Å². The van der Waals surface area contributed by atoms with Gasteiger partial charge in [-0.05, 0) is 84.4 Å². The number of aromatic hydroxyl groups is 1. The normalized spacial score (nSPS) is 26.0. The Kier molecular flexibility index (Phi) is 8.81. The Morgan fingerprint density at radius 1 is 1.17 bits per heavy atom. The molecule has 36 heavy (non-hydrogen) atoms. The minimum atomic E-state index is -0.253. The Morgan fingerprint density at radius 2 is 1.94 bits per heavy atom. The highest BCUT2D eigenvalue weighted by Crippen LogP contribution is 2.50. The zero-order valence-electron chi connectivity index (χ0n) is 21.8. The van der Waals surface area contributed by atoms with Gasteiger partial charge in [-0.3, -0.25) is 14.5 Å². The summed E-state index contributed by atoms with van der Waals surface area (Å²) in [6.07, 6.45) is 8.38. The molecule has 196 valence electrons. The molecule has 1 aliphatic carbocycles. The number of hydrogen-bond acceptors (Lipinski definition) is 5. The van der Waals surface area contributed by atoms with E-state index in [1.165, 1.54) is 21.6 Å². The number of fused-ring (bicyclic) bond motifs is 3. The van der Waals surface area contributed by atoms with Gasteiger partial charge in [-0.15, -0.1) is 0 Å². The van der Waals surface area contributed by atoms with Crippen molar-refractivity contribution in [2.24, 2.45) is 17.8 Å². The summed E-state index contributed by atoms with van der Waals surface area (Å²) in [6.45, 7) is 7.40. The lowest BCUT2D eigenvalue weighted by Crippen LogP contribution is -2.34. The average molecular weight is 608 g/mol. The third-order valence-corrected chi connectivity index (χ3v) is 8.74. The maximum absolute atomic E-state index is 13.2. The third-order valence-electron chi connectivity index (χ3n) is 7.91. The molecule has 0 aromatic heterocycles. The molecular weight excluding hydrogens is 569 g/mol. The minimum Gasteiger partial charge on any atom is -0.504 e. The van der Waals surface area contributed by atoms with E-state index in [2.05, 4.69) is 42.5 Å². The van der Waals surface area contributed by atoms with Crippen molar-refractivity contribution in [3.05, 3.63) is 38.0 Å². The number of benzene rings is 1. The summed E-state index contributed by atoms with van der Waals surface area (Å²) < 4.78 is 12.5. The lowest BCUT2D eigenvalue weighted by atomic mass is 9.69. The van der Waals surface area contributed by atoms with E-state index in [1.54, 1.807) is 7.11 Å². The predicted molar refractivity (Wildman–Crippen MR) is 149 cm³/mol. The molecule has 2 amide bonds. The fourth-order valence-electron chi connectivity index (χ4n) is 6.30. The smallest absolute Gasteiger partial charge is 0.233 e. The topological polar surface area (TPSA) is 76.1 Å². The van der Waals surface area contributed by atoms with Crippen LogP contribution in [0.1, 0.15) is 71.3 Å². The van der Waals surface area contributed by atoms with E-state index in [0.29, 0.717) is 25.3 Å². The lowest BCUT2D eigenvalue weighted by Gasteiger charge is -2.31. The maximum atomic E-state index is 13.2. The van der Waals surface area contributed by atoms with E-state index in [1.807, 2.05) is 19.1 Å². The summed E-state index contributed by atoms with van der Waals surface area (Å²) in [7, 11) is 1.57. The largest absolute Gasteiger partial charge is 0.504 e. The molecule has 1 N–H and O–H groups in total. The van der Waals surface area contributed by atoms with Gasteiger partial charge in [-0.1, -0.05) is 44.4 Å². The van der Waals surface area contributed by atoms with Crippen LogP contribution in [0, 0.1) is 21.3 Å². The molecule has 1 aromatic carbocycles. The van der Waals surface area contributed by atoms with Crippen molar-refractivity contribution >= 4 is 40.5 Å². The Balaban J connectivity index is 1.54. The zero-order chi connectivity index (χ0) is 26.0. The number of rotatable bonds is 10. The van der Waals surface area contributed by atoms with Crippen molar-refractivity contribution < 1.29 is 24.2 Å². The van der Waals surface area contributed by atoms with Crippen LogP contribution in [0.25, 0.3) is 6.08 Å². The molecule has 0 saturated carbocycles. The number of carbonyl (C=O) groups is 2. The van der Waals surface area contributed by atoms with Crippen LogP contribution in [-0.4, -0.2) is 48.2 Å². The molecule has 1 aromatic rings. The zero-order valence-corrected chi connectivity index (χ0v) is 24.0. The minimum absolute atomic E-state index is 0.00349. The van der Waals surface area contributed by atoms with Crippen LogP contribution in [0.5, 0.6) is 11.5 Å². The molecule has 2 heterocycles. The molecule has 0 bridgehead atoms. The van der Waals surface area contributed by atoms with Crippen LogP contribution < -0.4 is 4.74 Å². The Hall–Kier alpha value is -1.87. The van der Waals surface area contributed by atoms with Gasteiger partial charge in [0.1, 0.15) is 0 Å². The van der Waals surface area contributed by atoms with Gasteiger partial charge < -0.3 is 14.6 Å². The van der Waals surface area contributed by atoms with E-state index < -0.39 is 0 Å². The second kappa shape index (κ2) is 11.7. The number of likely N-dealkylation sites (tertiary alicyclic amines) is 1. The summed E-state index contributed by atoms with van der Waals surface area (Å²) in [5.41, 5.74) is 4.97. The number of imide groups is 1. The molecule has 2 fully saturated rings. The van der Waals surface area contributed by atoms with E-state index in [4.69, 9.17) is 9.47 Å². The lowest BCUT2D eigenvalue weighted by molar-refractivity contribution is -0.140. The first kappa shape index (κ1) is 27.2. The molecule has 2 aliphatic heterocycles. The van der Waals surface area contributed by atoms with Crippen molar-refractivity contribution in [2.45, 2.75) is 71.8 Å². The van der Waals surface area contributed by atoms with Crippen molar-refractivity contribution in [3.8, 4) is 11.5 Å². The summed E-state index contributed by atoms with van der Waals surface area (Å²) >= 11 is 2.13. The Morgan fingerprint density at radius 3 is 2.61 bits per heavy atom. The maximum Gasteiger partial charge on any atom is 0.233 e. The first-order chi connectivity index (χ1) is 17.3. The first-order valence-electron chi connectivity index (χ1n) is 13.3. The summed E-state index contributed by atoms with van der Waals surface area (Å²) in [5.74, 6) is 0.249.